The number of aromatic amines is 1. The molecule has 1 heterocycles. The van der Waals surface area contributed by atoms with Crippen molar-refractivity contribution in [2.45, 2.75) is 25.9 Å². The highest BCUT2D eigenvalue weighted by molar-refractivity contribution is 5.90. The van der Waals surface area contributed by atoms with Crippen LogP contribution in [0.2, 0.25) is 0 Å². The molecule has 8 nitrogen and oxygen atoms in total. The number of nitrogens with zero attached hydrogens (tertiary/aromatic N) is 2. The number of hydrogen-bond donors (Lipinski definition) is 4. The molecule has 0 bridgehead atoms. The normalized spacial score (nSPS) is 12.1. The first-order valence-corrected chi connectivity index (χ1v) is 5.21. The maximum Gasteiger partial charge on any atom is 0.291 e. The molecule has 0 radical (unpaired) electrons. The molecular weight excluding hydrogens is 226 g/mol. The topological polar surface area (TPSA) is 134 Å². The number of rotatable bonds is 6. The molecule has 2 amide bonds. The van der Waals surface area contributed by atoms with Crippen molar-refractivity contribution in [2.75, 3.05) is 6.54 Å². The molecule has 0 aliphatic carbocycles. The van der Waals surface area contributed by atoms with Crippen LogP contribution in [0.4, 0.5) is 0 Å². The minimum absolute atomic E-state index is 0.0230. The lowest BCUT2D eigenvalue weighted by Crippen LogP contribution is -2.40. The second kappa shape index (κ2) is 5.94. The first kappa shape index (κ1) is 13.1. The third-order valence-electron chi connectivity index (χ3n) is 2.01. The average Bonchev–Trinajstić information content (AvgIpc) is 2.74. The highest BCUT2D eigenvalue weighted by Crippen LogP contribution is 1.96. The van der Waals surface area contributed by atoms with Gasteiger partial charge in [-0.2, -0.15) is 0 Å². The molecule has 0 aliphatic rings. The number of amides is 2. The number of H-pyrrole nitrogens is 1. The number of carbonyl (C=O) groups excluding carboxylic acids is 2. The lowest BCUT2D eigenvalue weighted by atomic mass is 10.3. The number of nitrogens with one attached hydrogen (secondary N) is 2. The summed E-state index contributed by atoms with van der Waals surface area (Å²) in [5.41, 5.74) is 4.83. The monoisotopic (exact) mass is 241 g/mol. The maximum absolute atomic E-state index is 11.5. The van der Waals surface area contributed by atoms with Crippen LogP contribution in [0, 0.1) is 0 Å². The lowest BCUT2D eigenvalue weighted by molar-refractivity contribution is -0.125. The van der Waals surface area contributed by atoms with Crippen molar-refractivity contribution >= 4 is 11.8 Å². The fraction of sp³-hybridized carbons (Fsp3) is 0.556. The van der Waals surface area contributed by atoms with Crippen LogP contribution in [0.25, 0.3) is 0 Å². The molecule has 5 N–H and O–H groups in total. The van der Waals surface area contributed by atoms with E-state index in [1.54, 1.807) is 0 Å². The van der Waals surface area contributed by atoms with Gasteiger partial charge in [0, 0.05) is 6.42 Å². The SMILES string of the molecule is CCCc1nc(C(=O)NCC(O)C(N)=O)n[nH]1. The van der Waals surface area contributed by atoms with Crippen LogP contribution in [-0.2, 0) is 11.2 Å². The van der Waals surface area contributed by atoms with E-state index < -0.39 is 17.9 Å². The summed E-state index contributed by atoms with van der Waals surface area (Å²) >= 11 is 0. The molecular formula is C9H15N5O3. The first-order valence-electron chi connectivity index (χ1n) is 5.21. The molecule has 0 saturated heterocycles. The molecule has 0 aliphatic heterocycles. The van der Waals surface area contributed by atoms with Gasteiger partial charge in [-0.3, -0.25) is 14.7 Å². The van der Waals surface area contributed by atoms with Gasteiger partial charge in [-0.25, -0.2) is 4.98 Å². The van der Waals surface area contributed by atoms with Gasteiger partial charge in [0.05, 0.1) is 6.54 Å². The molecule has 1 aromatic heterocycles. The number of carbonyl (C=O) groups is 2. The molecule has 94 valence electrons. The number of aliphatic hydroxyl groups excluding tert-OH is 1. The zero-order valence-corrected chi connectivity index (χ0v) is 9.43. The van der Waals surface area contributed by atoms with E-state index in [-0.39, 0.29) is 12.4 Å². The smallest absolute Gasteiger partial charge is 0.291 e. The van der Waals surface area contributed by atoms with Crippen LogP contribution < -0.4 is 11.1 Å². The Kier molecular flexibility index (Phi) is 4.58. The van der Waals surface area contributed by atoms with Crippen molar-refractivity contribution in [3.05, 3.63) is 11.6 Å². The van der Waals surface area contributed by atoms with Crippen molar-refractivity contribution in [1.82, 2.24) is 20.5 Å². The van der Waals surface area contributed by atoms with Gasteiger partial charge in [-0.15, -0.1) is 5.10 Å². The third kappa shape index (κ3) is 3.83. The summed E-state index contributed by atoms with van der Waals surface area (Å²) in [5, 5.41) is 17.7. The zero-order valence-electron chi connectivity index (χ0n) is 9.43. The Balaban J connectivity index is 2.49. The van der Waals surface area contributed by atoms with E-state index in [4.69, 9.17) is 10.8 Å². The molecule has 0 aromatic carbocycles. The molecule has 8 heteroatoms. The largest absolute Gasteiger partial charge is 0.381 e. The third-order valence-corrected chi connectivity index (χ3v) is 2.01. The Morgan fingerprint density at radius 1 is 1.59 bits per heavy atom. The van der Waals surface area contributed by atoms with E-state index in [9.17, 15) is 9.59 Å². The van der Waals surface area contributed by atoms with Crippen LogP contribution in [0.1, 0.15) is 29.8 Å². The molecule has 0 spiro atoms. The summed E-state index contributed by atoms with van der Waals surface area (Å²) in [5.74, 6) is -0.867. The second-order valence-corrected chi connectivity index (χ2v) is 3.48. The quantitative estimate of drug-likeness (QED) is 0.472. The van der Waals surface area contributed by atoms with E-state index in [1.807, 2.05) is 6.92 Å². The van der Waals surface area contributed by atoms with Crippen LogP contribution >= 0.6 is 0 Å². The number of aryl methyl sites for hydroxylation is 1. The first-order chi connectivity index (χ1) is 8.04. The van der Waals surface area contributed by atoms with Crippen molar-refractivity contribution in [1.29, 1.82) is 0 Å². The van der Waals surface area contributed by atoms with E-state index in [1.165, 1.54) is 0 Å². The fourth-order valence-electron chi connectivity index (χ4n) is 1.11. The van der Waals surface area contributed by atoms with Crippen molar-refractivity contribution in [2.24, 2.45) is 5.73 Å². The predicted octanol–water partition coefficient (Wildman–Crippen LogP) is -1.67. The molecule has 17 heavy (non-hydrogen) atoms. The summed E-state index contributed by atoms with van der Waals surface area (Å²) in [7, 11) is 0. The van der Waals surface area contributed by atoms with Gasteiger partial charge in [0.25, 0.3) is 5.91 Å². The fourth-order valence-corrected chi connectivity index (χ4v) is 1.11. The number of aliphatic hydroxyl groups is 1. The number of nitrogens with two attached hydrogens (primary N) is 1. The molecule has 1 rings (SSSR count). The van der Waals surface area contributed by atoms with E-state index in [2.05, 4.69) is 20.5 Å². The summed E-state index contributed by atoms with van der Waals surface area (Å²) in [4.78, 5) is 25.9. The van der Waals surface area contributed by atoms with Gasteiger partial charge in [-0.05, 0) is 6.42 Å². The Bertz CT molecular complexity index is 403. The number of hydrogen-bond acceptors (Lipinski definition) is 5. The molecule has 0 fully saturated rings. The predicted molar refractivity (Wildman–Crippen MR) is 57.9 cm³/mol. The van der Waals surface area contributed by atoms with Crippen LogP contribution in [0.15, 0.2) is 0 Å². The Hall–Kier alpha value is -1.96. The lowest BCUT2D eigenvalue weighted by Gasteiger charge is -2.06. The van der Waals surface area contributed by atoms with Gasteiger partial charge < -0.3 is 16.2 Å². The number of primary amides is 1. The Morgan fingerprint density at radius 3 is 2.88 bits per heavy atom. The van der Waals surface area contributed by atoms with Crippen LogP contribution in [0.3, 0.4) is 0 Å². The van der Waals surface area contributed by atoms with Gasteiger partial charge in [0.15, 0.2) is 0 Å². The van der Waals surface area contributed by atoms with E-state index in [0.717, 1.165) is 6.42 Å². The van der Waals surface area contributed by atoms with Crippen LogP contribution in [-0.4, -0.2) is 44.8 Å². The highest BCUT2D eigenvalue weighted by Gasteiger charge is 2.16. The molecule has 1 atom stereocenters. The summed E-state index contributed by atoms with van der Waals surface area (Å²) in [6.07, 6.45) is 0.175. The zero-order chi connectivity index (χ0) is 12.8. The maximum atomic E-state index is 11.5. The molecule has 1 unspecified atom stereocenters. The van der Waals surface area contributed by atoms with Gasteiger partial charge >= 0.3 is 0 Å². The van der Waals surface area contributed by atoms with Crippen molar-refractivity contribution < 1.29 is 14.7 Å². The average molecular weight is 241 g/mol. The molecule has 1 aromatic rings. The van der Waals surface area contributed by atoms with E-state index in [0.29, 0.717) is 12.2 Å². The minimum Gasteiger partial charge on any atom is -0.381 e. The van der Waals surface area contributed by atoms with Gasteiger partial charge in [0.2, 0.25) is 11.7 Å². The molecule has 0 saturated carbocycles. The highest BCUT2D eigenvalue weighted by atomic mass is 16.3. The Labute approximate surface area is 97.6 Å². The van der Waals surface area contributed by atoms with Gasteiger partial charge in [0.1, 0.15) is 11.9 Å². The summed E-state index contributed by atoms with van der Waals surface area (Å²) < 4.78 is 0. The van der Waals surface area contributed by atoms with Crippen molar-refractivity contribution in [3.8, 4) is 0 Å². The Morgan fingerprint density at radius 2 is 2.29 bits per heavy atom. The summed E-state index contributed by atoms with van der Waals surface area (Å²) in [6, 6.07) is 0. The van der Waals surface area contributed by atoms with Crippen LogP contribution in [0.5, 0.6) is 0 Å². The summed E-state index contributed by atoms with van der Waals surface area (Å²) in [6.45, 7) is 1.72. The van der Waals surface area contributed by atoms with Gasteiger partial charge in [-0.1, -0.05) is 6.92 Å². The second-order valence-electron chi connectivity index (χ2n) is 3.48. The standard InChI is InChI=1S/C9H15N5O3/c1-2-3-6-12-8(14-13-6)9(17)11-4-5(15)7(10)16/h5,15H,2-4H2,1H3,(H2,10,16)(H,11,17)(H,12,13,14). The minimum atomic E-state index is -1.41. The van der Waals surface area contributed by atoms with E-state index >= 15 is 0 Å². The van der Waals surface area contributed by atoms with Crippen molar-refractivity contribution in [3.63, 3.8) is 0 Å². The number of aromatic nitrogens is 3.